The molecule has 146 valence electrons. The van der Waals surface area contributed by atoms with Crippen molar-refractivity contribution < 1.29 is 19.5 Å². The third-order valence-electron chi connectivity index (χ3n) is 4.79. The van der Waals surface area contributed by atoms with E-state index in [1.807, 2.05) is 42.5 Å². The van der Waals surface area contributed by atoms with Gasteiger partial charge in [-0.15, -0.1) is 0 Å². The summed E-state index contributed by atoms with van der Waals surface area (Å²) in [4.78, 5) is 43.6. The number of carbonyl (C=O) groups is 3. The molecule has 1 N–H and O–H groups in total. The predicted molar refractivity (Wildman–Crippen MR) is 102 cm³/mol. The molecule has 2 aromatic rings. The first-order valence-electron chi connectivity index (χ1n) is 9.25. The smallest absolute Gasteiger partial charge is 0.323 e. The Morgan fingerprint density at radius 1 is 1.14 bits per heavy atom. The second-order valence-corrected chi connectivity index (χ2v) is 6.89. The average Bonchev–Trinajstić information content (AvgIpc) is 3.06. The van der Waals surface area contributed by atoms with E-state index in [4.69, 9.17) is 0 Å². The number of hydrogen-bond acceptors (Lipinski definition) is 4. The number of rotatable bonds is 8. The predicted octanol–water partition coefficient (Wildman–Crippen LogP) is 1.59. The highest BCUT2D eigenvalue weighted by molar-refractivity contribution is 5.90. The molecule has 2 heterocycles. The lowest BCUT2D eigenvalue weighted by Crippen LogP contribution is -2.41. The van der Waals surface area contributed by atoms with Crippen LogP contribution in [0.3, 0.4) is 0 Å². The van der Waals surface area contributed by atoms with E-state index < -0.39 is 11.9 Å². The van der Waals surface area contributed by atoms with Crippen LogP contribution in [0.2, 0.25) is 0 Å². The maximum Gasteiger partial charge on any atom is 0.323 e. The van der Waals surface area contributed by atoms with Gasteiger partial charge in [-0.25, -0.2) is 0 Å². The van der Waals surface area contributed by atoms with Gasteiger partial charge in [-0.3, -0.25) is 19.4 Å². The zero-order valence-electron chi connectivity index (χ0n) is 15.5. The Labute approximate surface area is 163 Å². The van der Waals surface area contributed by atoms with E-state index in [-0.39, 0.29) is 31.3 Å². The summed E-state index contributed by atoms with van der Waals surface area (Å²) in [7, 11) is 0. The topological polar surface area (TPSA) is 90.8 Å². The monoisotopic (exact) mass is 381 g/mol. The molecule has 2 amide bonds. The number of carbonyl (C=O) groups excluding carboxylic acids is 2. The van der Waals surface area contributed by atoms with Crippen LogP contribution in [0.4, 0.5) is 0 Å². The molecule has 1 saturated heterocycles. The Morgan fingerprint density at radius 2 is 1.89 bits per heavy atom. The van der Waals surface area contributed by atoms with E-state index in [0.717, 1.165) is 11.3 Å². The highest BCUT2D eigenvalue weighted by Gasteiger charge is 2.37. The van der Waals surface area contributed by atoms with E-state index in [0.29, 0.717) is 19.5 Å². The van der Waals surface area contributed by atoms with Gasteiger partial charge in [-0.2, -0.15) is 0 Å². The largest absolute Gasteiger partial charge is 0.480 e. The summed E-state index contributed by atoms with van der Waals surface area (Å²) < 4.78 is 0. The minimum absolute atomic E-state index is 0.104. The Bertz CT molecular complexity index is 826. The molecule has 28 heavy (non-hydrogen) atoms. The fourth-order valence-electron chi connectivity index (χ4n) is 3.37. The molecule has 7 heteroatoms. The first-order chi connectivity index (χ1) is 13.5. The molecule has 0 spiro atoms. The zero-order chi connectivity index (χ0) is 19.9. The molecular weight excluding hydrogens is 358 g/mol. The highest BCUT2D eigenvalue weighted by atomic mass is 16.4. The third kappa shape index (κ3) is 5.16. The fraction of sp³-hybridized carbons (Fsp3) is 0.333. The lowest BCUT2D eigenvalue weighted by molar-refractivity contribution is -0.146. The molecule has 0 aliphatic carbocycles. The number of carboxylic acid groups (broad SMARTS) is 1. The molecule has 1 fully saturated rings. The summed E-state index contributed by atoms with van der Waals surface area (Å²) in [6.07, 6.45) is 2.34. The number of hydrogen-bond donors (Lipinski definition) is 1. The van der Waals surface area contributed by atoms with E-state index >= 15 is 0 Å². The average molecular weight is 381 g/mol. The van der Waals surface area contributed by atoms with Gasteiger partial charge in [0.1, 0.15) is 6.54 Å². The second kappa shape index (κ2) is 9.12. The van der Waals surface area contributed by atoms with E-state index in [9.17, 15) is 19.5 Å². The Hall–Kier alpha value is -3.22. The summed E-state index contributed by atoms with van der Waals surface area (Å²) in [5.74, 6) is -1.97. The summed E-state index contributed by atoms with van der Waals surface area (Å²) in [5.41, 5.74) is 1.79. The van der Waals surface area contributed by atoms with Crippen LogP contribution >= 0.6 is 0 Å². The molecule has 0 unspecified atom stereocenters. The summed E-state index contributed by atoms with van der Waals surface area (Å²) in [6, 6.07) is 15.1. The van der Waals surface area contributed by atoms with Crippen molar-refractivity contribution in [3.63, 3.8) is 0 Å². The van der Waals surface area contributed by atoms with E-state index in [1.54, 1.807) is 17.2 Å². The number of carboxylic acids is 1. The minimum Gasteiger partial charge on any atom is -0.480 e. The standard InChI is InChI=1S/C21H23N3O4/c25-19-12-17(13-24(19)14-18-8-4-5-10-22-18)21(28)23(15-20(26)27)11-9-16-6-2-1-3-7-16/h1-8,10,17H,9,11-15H2,(H,26,27)/t17-/m1/s1. The van der Waals surface area contributed by atoms with Gasteiger partial charge in [0.2, 0.25) is 11.8 Å². The van der Waals surface area contributed by atoms with Crippen molar-refractivity contribution in [2.24, 2.45) is 5.92 Å². The van der Waals surface area contributed by atoms with Crippen molar-refractivity contribution in [2.45, 2.75) is 19.4 Å². The van der Waals surface area contributed by atoms with Crippen molar-refractivity contribution in [3.05, 3.63) is 66.0 Å². The Balaban J connectivity index is 1.63. The molecule has 1 aliphatic heterocycles. The second-order valence-electron chi connectivity index (χ2n) is 6.89. The number of aromatic nitrogens is 1. The normalized spacial score (nSPS) is 16.2. The molecule has 1 aromatic carbocycles. The van der Waals surface area contributed by atoms with Crippen molar-refractivity contribution >= 4 is 17.8 Å². The van der Waals surface area contributed by atoms with E-state index in [1.165, 1.54) is 4.90 Å². The van der Waals surface area contributed by atoms with Crippen LogP contribution in [0.15, 0.2) is 54.7 Å². The number of likely N-dealkylation sites (tertiary alicyclic amines) is 1. The molecule has 3 rings (SSSR count). The quantitative estimate of drug-likeness (QED) is 0.750. The minimum atomic E-state index is -1.06. The van der Waals surface area contributed by atoms with Crippen molar-refractivity contribution in [3.8, 4) is 0 Å². The van der Waals surface area contributed by atoms with Gasteiger partial charge in [-0.05, 0) is 24.1 Å². The summed E-state index contributed by atoms with van der Waals surface area (Å²) in [6.45, 7) is 0.582. The molecule has 0 radical (unpaired) electrons. The Morgan fingerprint density at radius 3 is 2.57 bits per heavy atom. The molecular formula is C21H23N3O4. The number of nitrogens with zero attached hydrogens (tertiary/aromatic N) is 3. The number of aliphatic carboxylic acids is 1. The zero-order valence-corrected chi connectivity index (χ0v) is 15.5. The van der Waals surface area contributed by atoms with Crippen LogP contribution in [-0.2, 0) is 27.3 Å². The summed E-state index contributed by atoms with van der Waals surface area (Å²) >= 11 is 0. The lowest BCUT2D eigenvalue weighted by Gasteiger charge is -2.24. The number of amides is 2. The maximum atomic E-state index is 12.9. The lowest BCUT2D eigenvalue weighted by atomic mass is 10.1. The Kier molecular flexibility index (Phi) is 6.37. The van der Waals surface area contributed by atoms with Crippen LogP contribution in [0, 0.1) is 5.92 Å². The molecule has 0 bridgehead atoms. The third-order valence-corrected chi connectivity index (χ3v) is 4.79. The fourth-order valence-corrected chi connectivity index (χ4v) is 3.37. The first kappa shape index (κ1) is 19.5. The highest BCUT2D eigenvalue weighted by Crippen LogP contribution is 2.22. The molecule has 7 nitrogen and oxygen atoms in total. The van der Waals surface area contributed by atoms with Gasteiger partial charge < -0.3 is 14.9 Å². The summed E-state index contributed by atoms with van der Waals surface area (Å²) in [5, 5.41) is 9.19. The molecule has 1 aromatic heterocycles. The van der Waals surface area contributed by atoms with Crippen molar-refractivity contribution in [1.29, 1.82) is 0 Å². The SMILES string of the molecule is O=C(O)CN(CCc1ccccc1)C(=O)[C@@H]1CC(=O)N(Cc2ccccn2)C1. The van der Waals surface area contributed by atoms with Crippen molar-refractivity contribution in [1.82, 2.24) is 14.8 Å². The molecule has 0 saturated carbocycles. The van der Waals surface area contributed by atoms with Gasteiger partial charge in [0, 0.05) is 25.7 Å². The van der Waals surface area contributed by atoms with Gasteiger partial charge in [-0.1, -0.05) is 36.4 Å². The number of pyridine rings is 1. The molecule has 1 atom stereocenters. The van der Waals surface area contributed by atoms with Crippen LogP contribution in [0.1, 0.15) is 17.7 Å². The van der Waals surface area contributed by atoms with Gasteiger partial charge in [0.15, 0.2) is 0 Å². The van der Waals surface area contributed by atoms with Gasteiger partial charge in [0.05, 0.1) is 18.2 Å². The first-order valence-corrected chi connectivity index (χ1v) is 9.25. The number of benzene rings is 1. The van der Waals surface area contributed by atoms with Gasteiger partial charge >= 0.3 is 5.97 Å². The van der Waals surface area contributed by atoms with Crippen LogP contribution < -0.4 is 0 Å². The van der Waals surface area contributed by atoms with Crippen LogP contribution in [-0.4, -0.2) is 57.3 Å². The molecule has 1 aliphatic rings. The van der Waals surface area contributed by atoms with Crippen LogP contribution in [0.5, 0.6) is 0 Å². The van der Waals surface area contributed by atoms with Gasteiger partial charge in [0.25, 0.3) is 0 Å². The van der Waals surface area contributed by atoms with E-state index in [2.05, 4.69) is 4.98 Å². The van der Waals surface area contributed by atoms with Crippen molar-refractivity contribution in [2.75, 3.05) is 19.6 Å². The van der Waals surface area contributed by atoms with Crippen LogP contribution in [0.25, 0.3) is 0 Å². The maximum absolute atomic E-state index is 12.9.